The zero-order valence-corrected chi connectivity index (χ0v) is 11.1. The van der Waals surface area contributed by atoms with Crippen LogP contribution in [0.2, 0.25) is 0 Å². The Labute approximate surface area is 111 Å². The molecule has 0 unspecified atom stereocenters. The van der Waals surface area contributed by atoms with Crippen molar-refractivity contribution in [3.05, 3.63) is 59.9 Å². The predicted octanol–water partition coefficient (Wildman–Crippen LogP) is 4.34. The number of benzene rings is 2. The maximum absolute atomic E-state index is 12.7. The van der Waals surface area contributed by atoms with Gasteiger partial charge in [0.2, 0.25) is 0 Å². The van der Waals surface area contributed by atoms with Crippen molar-refractivity contribution < 1.29 is 4.39 Å². The van der Waals surface area contributed by atoms with Crippen LogP contribution in [-0.4, -0.2) is 12.3 Å². The van der Waals surface area contributed by atoms with E-state index < -0.39 is 0 Å². The smallest absolute Gasteiger partial charge is 0.123 e. The van der Waals surface area contributed by atoms with Crippen LogP contribution < -0.4 is 5.32 Å². The Morgan fingerprint density at radius 2 is 1.67 bits per heavy atom. The zero-order valence-electron chi connectivity index (χ0n) is 10.3. The summed E-state index contributed by atoms with van der Waals surface area (Å²) in [6.07, 6.45) is 0. The summed E-state index contributed by atoms with van der Waals surface area (Å²) in [4.78, 5) is 1.10. The molecule has 0 saturated carbocycles. The van der Waals surface area contributed by atoms with Gasteiger partial charge >= 0.3 is 0 Å². The number of hydrogen-bond donors (Lipinski definition) is 1. The first-order valence-corrected chi connectivity index (χ1v) is 6.91. The van der Waals surface area contributed by atoms with E-state index in [1.807, 2.05) is 12.1 Å². The summed E-state index contributed by atoms with van der Waals surface area (Å²) >= 11 is 1.72. The lowest BCUT2D eigenvalue weighted by molar-refractivity contribution is 0.626. The lowest BCUT2D eigenvalue weighted by Crippen LogP contribution is -2.03. The van der Waals surface area contributed by atoms with Gasteiger partial charge in [0, 0.05) is 22.9 Å². The second kappa shape index (κ2) is 6.45. The summed E-state index contributed by atoms with van der Waals surface area (Å²) in [5, 5.41) is 3.36. The fourth-order valence-electron chi connectivity index (χ4n) is 1.57. The van der Waals surface area contributed by atoms with E-state index in [0.717, 1.165) is 22.9 Å². The molecular formula is C15H16FNS. The summed E-state index contributed by atoms with van der Waals surface area (Å²) < 4.78 is 12.7. The lowest BCUT2D eigenvalue weighted by Gasteiger charge is -2.06. The normalized spacial score (nSPS) is 10.3. The Morgan fingerprint density at radius 3 is 2.33 bits per heavy atom. The van der Waals surface area contributed by atoms with Gasteiger partial charge in [-0.2, -0.15) is 0 Å². The third-order valence-electron chi connectivity index (χ3n) is 2.57. The highest BCUT2D eigenvalue weighted by Crippen LogP contribution is 2.18. The third-order valence-corrected chi connectivity index (χ3v) is 3.58. The summed E-state index contributed by atoms with van der Waals surface area (Å²) in [5.41, 5.74) is 2.40. The third kappa shape index (κ3) is 4.08. The van der Waals surface area contributed by atoms with Crippen molar-refractivity contribution in [3.63, 3.8) is 0 Å². The SMILES string of the molecule is Cc1ccc(NCCSc2ccc(F)cc2)cc1. The van der Waals surface area contributed by atoms with Gasteiger partial charge in [0.1, 0.15) is 5.82 Å². The Balaban J connectivity index is 1.73. The Hall–Kier alpha value is -1.48. The van der Waals surface area contributed by atoms with Crippen molar-refractivity contribution in [2.75, 3.05) is 17.6 Å². The number of anilines is 1. The standard InChI is InChI=1S/C15H16FNS/c1-12-2-6-14(7-3-12)17-10-11-18-15-8-4-13(16)5-9-15/h2-9,17H,10-11H2,1H3. The van der Waals surface area contributed by atoms with Crippen molar-refractivity contribution in [1.82, 2.24) is 0 Å². The number of thioether (sulfide) groups is 1. The van der Waals surface area contributed by atoms with E-state index in [1.165, 1.54) is 17.7 Å². The van der Waals surface area contributed by atoms with Crippen molar-refractivity contribution in [2.45, 2.75) is 11.8 Å². The zero-order chi connectivity index (χ0) is 12.8. The van der Waals surface area contributed by atoms with E-state index in [9.17, 15) is 4.39 Å². The van der Waals surface area contributed by atoms with E-state index in [2.05, 4.69) is 36.5 Å². The number of nitrogens with one attached hydrogen (secondary N) is 1. The molecule has 0 aliphatic carbocycles. The molecule has 0 amide bonds. The Kier molecular flexibility index (Phi) is 4.65. The van der Waals surface area contributed by atoms with Crippen LogP contribution in [-0.2, 0) is 0 Å². The first-order valence-electron chi connectivity index (χ1n) is 5.93. The minimum Gasteiger partial charge on any atom is -0.384 e. The number of halogens is 1. The predicted molar refractivity (Wildman–Crippen MR) is 76.8 cm³/mol. The van der Waals surface area contributed by atoms with Gasteiger partial charge in [0.15, 0.2) is 0 Å². The minimum absolute atomic E-state index is 0.183. The Bertz CT molecular complexity index is 431. The average Bonchev–Trinajstić information content (AvgIpc) is 2.39. The molecule has 0 aromatic heterocycles. The molecule has 1 N–H and O–H groups in total. The maximum Gasteiger partial charge on any atom is 0.123 e. The van der Waals surface area contributed by atoms with E-state index in [0.29, 0.717) is 0 Å². The van der Waals surface area contributed by atoms with E-state index in [-0.39, 0.29) is 5.82 Å². The van der Waals surface area contributed by atoms with Gasteiger partial charge in [-0.1, -0.05) is 17.7 Å². The molecule has 2 rings (SSSR count). The monoisotopic (exact) mass is 261 g/mol. The molecule has 0 bridgehead atoms. The van der Waals surface area contributed by atoms with Gasteiger partial charge in [-0.25, -0.2) is 4.39 Å². The van der Waals surface area contributed by atoms with Gasteiger partial charge in [-0.3, -0.25) is 0 Å². The maximum atomic E-state index is 12.7. The van der Waals surface area contributed by atoms with Crippen molar-refractivity contribution in [1.29, 1.82) is 0 Å². The Morgan fingerprint density at radius 1 is 1.00 bits per heavy atom. The topological polar surface area (TPSA) is 12.0 Å². The van der Waals surface area contributed by atoms with Crippen LogP contribution in [0.15, 0.2) is 53.4 Å². The fourth-order valence-corrected chi connectivity index (χ4v) is 2.33. The fraction of sp³-hybridized carbons (Fsp3) is 0.200. The summed E-state index contributed by atoms with van der Waals surface area (Å²) in [6, 6.07) is 15.0. The van der Waals surface area contributed by atoms with Gasteiger partial charge < -0.3 is 5.32 Å². The molecular weight excluding hydrogens is 245 g/mol. The minimum atomic E-state index is -0.183. The number of rotatable bonds is 5. The highest BCUT2D eigenvalue weighted by Gasteiger charge is 1.95. The molecule has 0 aliphatic rings. The number of aryl methyl sites for hydroxylation is 1. The molecule has 2 aromatic carbocycles. The van der Waals surface area contributed by atoms with Crippen molar-refractivity contribution in [2.24, 2.45) is 0 Å². The van der Waals surface area contributed by atoms with Crippen LogP contribution in [0.25, 0.3) is 0 Å². The molecule has 0 atom stereocenters. The van der Waals surface area contributed by atoms with Crippen molar-refractivity contribution >= 4 is 17.4 Å². The molecule has 0 spiro atoms. The first-order chi connectivity index (χ1) is 8.74. The molecule has 0 aliphatic heterocycles. The van der Waals surface area contributed by atoms with Gasteiger partial charge in [-0.15, -0.1) is 11.8 Å². The molecule has 1 nitrogen and oxygen atoms in total. The van der Waals surface area contributed by atoms with Crippen LogP contribution in [0.5, 0.6) is 0 Å². The van der Waals surface area contributed by atoms with E-state index in [4.69, 9.17) is 0 Å². The molecule has 0 radical (unpaired) electrons. The largest absolute Gasteiger partial charge is 0.384 e. The molecule has 3 heteroatoms. The summed E-state index contributed by atoms with van der Waals surface area (Å²) in [5.74, 6) is 0.775. The van der Waals surface area contributed by atoms with Gasteiger partial charge in [0.25, 0.3) is 0 Å². The highest BCUT2D eigenvalue weighted by atomic mass is 32.2. The average molecular weight is 261 g/mol. The van der Waals surface area contributed by atoms with Crippen LogP contribution in [0.4, 0.5) is 10.1 Å². The van der Waals surface area contributed by atoms with E-state index in [1.54, 1.807) is 11.8 Å². The number of hydrogen-bond acceptors (Lipinski definition) is 2. The molecule has 0 heterocycles. The lowest BCUT2D eigenvalue weighted by atomic mass is 10.2. The molecule has 0 fully saturated rings. The van der Waals surface area contributed by atoms with Crippen LogP contribution in [0.1, 0.15) is 5.56 Å². The quantitative estimate of drug-likeness (QED) is 0.635. The summed E-state index contributed by atoms with van der Waals surface area (Å²) in [7, 11) is 0. The molecule has 94 valence electrons. The van der Waals surface area contributed by atoms with Crippen LogP contribution in [0, 0.1) is 12.7 Å². The molecule has 2 aromatic rings. The molecule has 0 saturated heterocycles. The van der Waals surface area contributed by atoms with E-state index >= 15 is 0 Å². The van der Waals surface area contributed by atoms with Gasteiger partial charge in [0.05, 0.1) is 0 Å². The summed E-state index contributed by atoms with van der Waals surface area (Å²) in [6.45, 7) is 2.97. The second-order valence-electron chi connectivity index (χ2n) is 4.10. The highest BCUT2D eigenvalue weighted by molar-refractivity contribution is 7.99. The van der Waals surface area contributed by atoms with Crippen LogP contribution in [0.3, 0.4) is 0 Å². The van der Waals surface area contributed by atoms with Crippen LogP contribution >= 0.6 is 11.8 Å². The van der Waals surface area contributed by atoms with Gasteiger partial charge in [-0.05, 0) is 43.3 Å². The van der Waals surface area contributed by atoms with Crippen molar-refractivity contribution in [3.8, 4) is 0 Å². The first kappa shape index (κ1) is 13.0. The second-order valence-corrected chi connectivity index (χ2v) is 5.26. The molecule has 18 heavy (non-hydrogen) atoms.